The molecule has 0 bridgehead atoms. The van der Waals surface area contributed by atoms with Gasteiger partial charge in [0.1, 0.15) is 0 Å². The number of hydrogen-bond donors (Lipinski definition) is 0. The Morgan fingerprint density at radius 3 is 2.52 bits per heavy atom. The lowest BCUT2D eigenvalue weighted by Crippen LogP contribution is -2.31. The van der Waals surface area contributed by atoms with Gasteiger partial charge in [0.2, 0.25) is 0 Å². The summed E-state index contributed by atoms with van der Waals surface area (Å²) in [6, 6.07) is 2.06. The Bertz CT molecular complexity index is 694. The quantitative estimate of drug-likeness (QED) is 0.419. The molecule has 4 rings (SSSR count). The molecule has 0 aromatic heterocycles. The summed E-state index contributed by atoms with van der Waals surface area (Å²) in [5.41, 5.74) is 2.47. The monoisotopic (exact) mass is 402 g/mol. The average Bonchev–Trinajstić information content (AvgIpc) is 2.74. The molecular weight excluding hydrogens is 362 g/mol. The third-order valence-electron chi connectivity index (χ3n) is 8.51. The van der Waals surface area contributed by atoms with E-state index in [1.165, 1.54) is 57.8 Å². The molecule has 0 radical (unpaired) electrons. The van der Waals surface area contributed by atoms with E-state index in [0.717, 1.165) is 49.0 Å². The largest absolute Gasteiger partial charge is 0.203 e. The van der Waals surface area contributed by atoms with E-state index < -0.39 is 11.6 Å². The maximum absolute atomic E-state index is 15.0. The molecular formula is C27H40F2. The fraction of sp³-hybridized carbons (Fsp3) is 0.778. The van der Waals surface area contributed by atoms with Crippen LogP contribution in [0, 0.1) is 35.3 Å². The first-order valence-electron chi connectivity index (χ1n) is 12.6. The van der Waals surface area contributed by atoms with Crippen LogP contribution in [0.15, 0.2) is 6.07 Å². The summed E-state index contributed by atoms with van der Waals surface area (Å²) in [4.78, 5) is 0. The molecule has 0 nitrogen and oxygen atoms in total. The fourth-order valence-corrected chi connectivity index (χ4v) is 6.72. The summed E-state index contributed by atoms with van der Waals surface area (Å²) in [5, 5.41) is 0. The molecule has 2 saturated carbocycles. The zero-order valence-corrected chi connectivity index (χ0v) is 18.6. The van der Waals surface area contributed by atoms with Crippen molar-refractivity contribution < 1.29 is 8.78 Å². The van der Waals surface area contributed by atoms with Gasteiger partial charge in [-0.2, -0.15) is 0 Å². The van der Waals surface area contributed by atoms with Crippen LogP contribution in [-0.4, -0.2) is 0 Å². The molecule has 1 aromatic carbocycles. The standard InChI is InChI=1S/C27H40F2/c1-3-4-5-6-7-19-9-11-21-16-22(13-12-20(21)15-19)25-17-23-10-8-18(2)14-24(23)26(28)27(25)29/h17-22H,3-16H2,1-2H3. The minimum atomic E-state index is -0.526. The number of benzene rings is 1. The van der Waals surface area contributed by atoms with Crippen LogP contribution in [0.4, 0.5) is 8.78 Å². The van der Waals surface area contributed by atoms with Crippen molar-refractivity contribution in [3.05, 3.63) is 34.4 Å². The molecule has 3 aliphatic carbocycles. The van der Waals surface area contributed by atoms with Crippen molar-refractivity contribution in [2.75, 3.05) is 0 Å². The lowest BCUT2D eigenvalue weighted by atomic mass is 9.63. The highest BCUT2D eigenvalue weighted by molar-refractivity contribution is 5.38. The van der Waals surface area contributed by atoms with Gasteiger partial charge in [0.05, 0.1) is 0 Å². The van der Waals surface area contributed by atoms with Gasteiger partial charge in [0, 0.05) is 0 Å². The minimum absolute atomic E-state index is 0.233. The molecule has 0 amide bonds. The van der Waals surface area contributed by atoms with E-state index in [4.69, 9.17) is 0 Å². The van der Waals surface area contributed by atoms with Crippen LogP contribution in [0.2, 0.25) is 0 Å². The lowest BCUT2D eigenvalue weighted by Gasteiger charge is -2.42. The normalized spacial score (nSPS) is 31.9. The predicted octanol–water partition coefficient (Wildman–Crippen LogP) is 8.36. The molecule has 0 heterocycles. The summed E-state index contributed by atoms with van der Waals surface area (Å²) < 4.78 is 29.9. The Morgan fingerprint density at radius 2 is 1.69 bits per heavy atom. The van der Waals surface area contributed by atoms with E-state index >= 15 is 4.39 Å². The van der Waals surface area contributed by atoms with Crippen LogP contribution in [0.5, 0.6) is 0 Å². The van der Waals surface area contributed by atoms with Crippen LogP contribution >= 0.6 is 0 Å². The summed E-state index contributed by atoms with van der Waals surface area (Å²) in [7, 11) is 0. The molecule has 3 aliphatic rings. The number of halogens is 2. The second-order valence-electron chi connectivity index (χ2n) is 10.6. The van der Waals surface area contributed by atoms with E-state index in [0.29, 0.717) is 23.5 Å². The summed E-state index contributed by atoms with van der Waals surface area (Å²) in [6.45, 7) is 4.43. The van der Waals surface area contributed by atoms with E-state index in [2.05, 4.69) is 19.9 Å². The first-order valence-corrected chi connectivity index (χ1v) is 12.6. The van der Waals surface area contributed by atoms with Crippen molar-refractivity contribution in [2.45, 2.75) is 110 Å². The molecule has 2 fully saturated rings. The average molecular weight is 403 g/mol. The van der Waals surface area contributed by atoms with Crippen molar-refractivity contribution in [3.63, 3.8) is 0 Å². The SMILES string of the molecule is CCCCCCC1CCC2CC(c3cc4c(c(F)c3F)CC(C)CC4)CCC2C1. The number of aryl methyl sites for hydroxylation is 1. The molecule has 29 heavy (non-hydrogen) atoms. The van der Waals surface area contributed by atoms with Gasteiger partial charge in [-0.3, -0.25) is 0 Å². The predicted molar refractivity (Wildman–Crippen MR) is 117 cm³/mol. The van der Waals surface area contributed by atoms with Crippen LogP contribution in [-0.2, 0) is 12.8 Å². The Labute approximate surface area is 176 Å². The van der Waals surface area contributed by atoms with Crippen LogP contribution in [0.25, 0.3) is 0 Å². The van der Waals surface area contributed by atoms with Gasteiger partial charge < -0.3 is 0 Å². The van der Waals surface area contributed by atoms with Crippen molar-refractivity contribution in [1.82, 2.24) is 0 Å². The van der Waals surface area contributed by atoms with Gasteiger partial charge in [0.25, 0.3) is 0 Å². The first kappa shape index (κ1) is 21.3. The van der Waals surface area contributed by atoms with Crippen molar-refractivity contribution in [1.29, 1.82) is 0 Å². The summed E-state index contributed by atoms with van der Waals surface area (Å²) in [6.07, 6.45) is 17.0. The second-order valence-corrected chi connectivity index (χ2v) is 10.6. The Morgan fingerprint density at radius 1 is 0.897 bits per heavy atom. The second kappa shape index (κ2) is 9.48. The van der Waals surface area contributed by atoms with Crippen molar-refractivity contribution in [3.8, 4) is 0 Å². The first-order chi connectivity index (χ1) is 14.1. The Balaban J connectivity index is 1.39. The Kier molecular flexibility index (Phi) is 6.97. The van der Waals surface area contributed by atoms with Gasteiger partial charge in [-0.15, -0.1) is 0 Å². The third-order valence-corrected chi connectivity index (χ3v) is 8.51. The maximum atomic E-state index is 15.0. The van der Waals surface area contributed by atoms with Gasteiger partial charge >= 0.3 is 0 Å². The zero-order chi connectivity index (χ0) is 20.4. The molecule has 1 aromatic rings. The molecule has 5 unspecified atom stereocenters. The van der Waals surface area contributed by atoms with Crippen LogP contribution < -0.4 is 0 Å². The van der Waals surface area contributed by atoms with Crippen LogP contribution in [0.1, 0.15) is 114 Å². The highest BCUT2D eigenvalue weighted by atomic mass is 19.2. The smallest absolute Gasteiger partial charge is 0.162 e. The lowest BCUT2D eigenvalue weighted by molar-refractivity contribution is 0.112. The van der Waals surface area contributed by atoms with Crippen LogP contribution in [0.3, 0.4) is 0 Å². The van der Waals surface area contributed by atoms with Gasteiger partial charge in [-0.25, -0.2) is 8.78 Å². The van der Waals surface area contributed by atoms with Crippen molar-refractivity contribution >= 4 is 0 Å². The Hall–Kier alpha value is -0.920. The number of hydrogen-bond acceptors (Lipinski definition) is 0. The third kappa shape index (κ3) is 4.72. The van der Waals surface area contributed by atoms with E-state index in [-0.39, 0.29) is 5.92 Å². The number of unbranched alkanes of at least 4 members (excludes halogenated alkanes) is 3. The molecule has 2 heteroatoms. The summed E-state index contributed by atoms with van der Waals surface area (Å²) >= 11 is 0. The zero-order valence-electron chi connectivity index (χ0n) is 18.6. The highest BCUT2D eigenvalue weighted by Gasteiger charge is 2.37. The number of fused-ring (bicyclic) bond motifs is 2. The van der Waals surface area contributed by atoms with Crippen molar-refractivity contribution in [2.24, 2.45) is 23.7 Å². The van der Waals surface area contributed by atoms with Gasteiger partial charge in [-0.1, -0.05) is 58.4 Å². The van der Waals surface area contributed by atoms with E-state index in [1.54, 1.807) is 0 Å². The van der Waals surface area contributed by atoms with Gasteiger partial charge in [0.15, 0.2) is 11.6 Å². The molecule has 0 saturated heterocycles. The fourth-order valence-electron chi connectivity index (χ4n) is 6.72. The van der Waals surface area contributed by atoms with Gasteiger partial charge in [-0.05, 0) is 97.6 Å². The van der Waals surface area contributed by atoms with E-state index in [1.807, 2.05) is 0 Å². The minimum Gasteiger partial charge on any atom is -0.203 e. The molecule has 0 spiro atoms. The topological polar surface area (TPSA) is 0 Å². The maximum Gasteiger partial charge on any atom is 0.162 e. The highest BCUT2D eigenvalue weighted by Crippen LogP contribution is 2.49. The van der Waals surface area contributed by atoms with E-state index in [9.17, 15) is 4.39 Å². The molecule has 0 N–H and O–H groups in total. The number of rotatable bonds is 6. The summed E-state index contributed by atoms with van der Waals surface area (Å²) in [5.74, 6) is 2.14. The molecule has 0 aliphatic heterocycles. The molecule has 162 valence electrons. The molecule has 5 atom stereocenters.